The van der Waals surface area contributed by atoms with Gasteiger partial charge in [-0.3, -0.25) is 9.59 Å². The third-order valence-electron chi connectivity index (χ3n) is 5.23. The Morgan fingerprint density at radius 3 is 2.64 bits per heavy atom. The van der Waals surface area contributed by atoms with E-state index in [-0.39, 0.29) is 11.8 Å². The van der Waals surface area contributed by atoms with E-state index in [0.29, 0.717) is 31.0 Å². The van der Waals surface area contributed by atoms with Gasteiger partial charge < -0.3 is 15.5 Å². The highest BCUT2D eigenvalue weighted by atomic mass is 35.5. The minimum Gasteiger partial charge on any atom is -0.325 e. The average Bonchev–Trinajstić information content (AvgIpc) is 3.50. The van der Waals surface area contributed by atoms with Gasteiger partial charge in [-0.2, -0.15) is 0 Å². The SMILES string of the molecule is O=C(CNCC1CC1)Nc1ccc2c(c1)CCC(=O)N2Cc1ccc(Cl)cc1. The summed E-state index contributed by atoms with van der Waals surface area (Å²) in [7, 11) is 0. The number of fused-ring (bicyclic) bond motifs is 1. The molecule has 0 unspecified atom stereocenters. The first-order valence-corrected chi connectivity index (χ1v) is 10.1. The summed E-state index contributed by atoms with van der Waals surface area (Å²) in [6, 6.07) is 13.3. The lowest BCUT2D eigenvalue weighted by molar-refractivity contribution is -0.119. The van der Waals surface area contributed by atoms with Crippen LogP contribution >= 0.6 is 11.6 Å². The molecule has 5 nitrogen and oxygen atoms in total. The fourth-order valence-corrected chi connectivity index (χ4v) is 3.63. The van der Waals surface area contributed by atoms with Gasteiger partial charge in [0.2, 0.25) is 11.8 Å². The second-order valence-corrected chi connectivity index (χ2v) is 8.01. The Morgan fingerprint density at radius 1 is 1.11 bits per heavy atom. The summed E-state index contributed by atoms with van der Waals surface area (Å²) in [6.07, 6.45) is 3.70. The number of halogens is 1. The van der Waals surface area contributed by atoms with Crippen LogP contribution in [0, 0.1) is 5.92 Å². The van der Waals surface area contributed by atoms with Gasteiger partial charge in [0.05, 0.1) is 13.1 Å². The summed E-state index contributed by atoms with van der Waals surface area (Å²) in [5, 5.41) is 6.83. The van der Waals surface area contributed by atoms with E-state index in [9.17, 15) is 9.59 Å². The third-order valence-corrected chi connectivity index (χ3v) is 5.48. The Hall–Kier alpha value is -2.37. The van der Waals surface area contributed by atoms with Gasteiger partial charge in [-0.05, 0) is 73.2 Å². The van der Waals surface area contributed by atoms with Crippen LogP contribution in [0.15, 0.2) is 42.5 Å². The van der Waals surface area contributed by atoms with E-state index in [2.05, 4.69) is 10.6 Å². The maximum Gasteiger partial charge on any atom is 0.238 e. The molecule has 0 aromatic heterocycles. The van der Waals surface area contributed by atoms with E-state index in [0.717, 1.165) is 35.0 Å². The van der Waals surface area contributed by atoms with E-state index >= 15 is 0 Å². The molecular formula is C22H24ClN3O2. The summed E-state index contributed by atoms with van der Waals surface area (Å²) in [5.41, 5.74) is 3.80. The standard InChI is InChI=1S/C22H24ClN3O2/c23-18-6-3-16(4-7-18)14-26-20-9-8-19(11-17(20)5-10-22(26)28)25-21(27)13-24-12-15-1-2-15/h3-4,6-9,11,15,24H,1-2,5,10,12-14H2,(H,25,27). The van der Waals surface area contributed by atoms with Gasteiger partial charge in [0.25, 0.3) is 0 Å². The zero-order chi connectivity index (χ0) is 19.5. The van der Waals surface area contributed by atoms with Crippen LogP contribution < -0.4 is 15.5 Å². The molecule has 2 amide bonds. The smallest absolute Gasteiger partial charge is 0.238 e. The fraction of sp³-hybridized carbons (Fsp3) is 0.364. The molecule has 0 radical (unpaired) electrons. The molecule has 146 valence electrons. The number of anilines is 2. The van der Waals surface area contributed by atoms with Crippen molar-refractivity contribution >= 4 is 34.8 Å². The van der Waals surface area contributed by atoms with Crippen molar-refractivity contribution in [2.45, 2.75) is 32.2 Å². The minimum atomic E-state index is -0.0366. The number of rotatable bonds is 7. The molecule has 1 fully saturated rings. The highest BCUT2D eigenvalue weighted by Crippen LogP contribution is 2.32. The van der Waals surface area contributed by atoms with E-state index in [1.54, 1.807) is 0 Å². The van der Waals surface area contributed by atoms with Crippen LogP contribution in [0.2, 0.25) is 5.02 Å². The van der Waals surface area contributed by atoms with Crippen LogP contribution in [0.25, 0.3) is 0 Å². The number of benzene rings is 2. The van der Waals surface area contributed by atoms with Gasteiger partial charge in [-0.25, -0.2) is 0 Å². The minimum absolute atomic E-state index is 0.0366. The lowest BCUT2D eigenvalue weighted by Gasteiger charge is -2.30. The number of carbonyl (C=O) groups excluding carboxylic acids is 2. The molecule has 0 atom stereocenters. The Balaban J connectivity index is 1.43. The van der Waals surface area contributed by atoms with E-state index in [4.69, 9.17) is 11.6 Å². The molecule has 2 N–H and O–H groups in total. The summed E-state index contributed by atoms with van der Waals surface area (Å²) in [5.74, 6) is 0.828. The second-order valence-electron chi connectivity index (χ2n) is 7.57. The van der Waals surface area contributed by atoms with Crippen molar-refractivity contribution in [3.8, 4) is 0 Å². The summed E-state index contributed by atoms with van der Waals surface area (Å²) in [6.45, 7) is 1.76. The number of nitrogens with one attached hydrogen (secondary N) is 2. The van der Waals surface area contributed by atoms with Crippen molar-refractivity contribution in [2.75, 3.05) is 23.3 Å². The lowest BCUT2D eigenvalue weighted by Crippen LogP contribution is -2.34. The molecular weight excluding hydrogens is 374 g/mol. The summed E-state index contributed by atoms with van der Waals surface area (Å²) in [4.78, 5) is 26.4. The van der Waals surface area contributed by atoms with Crippen LogP contribution in [-0.2, 0) is 22.6 Å². The molecule has 0 spiro atoms. The molecule has 0 bridgehead atoms. The predicted octanol–water partition coefficient (Wildman–Crippen LogP) is 3.76. The molecule has 1 aliphatic heterocycles. The normalized spacial score (nSPS) is 16.0. The maximum atomic E-state index is 12.5. The highest BCUT2D eigenvalue weighted by Gasteiger charge is 2.25. The van der Waals surface area contributed by atoms with E-state index < -0.39 is 0 Å². The first-order valence-electron chi connectivity index (χ1n) is 9.77. The molecule has 6 heteroatoms. The van der Waals surface area contributed by atoms with Crippen molar-refractivity contribution in [3.63, 3.8) is 0 Å². The zero-order valence-corrected chi connectivity index (χ0v) is 16.5. The molecule has 2 aromatic rings. The topological polar surface area (TPSA) is 61.4 Å². The largest absolute Gasteiger partial charge is 0.325 e. The second kappa shape index (κ2) is 8.33. The van der Waals surface area contributed by atoms with Crippen LogP contribution in [-0.4, -0.2) is 24.9 Å². The molecule has 1 aliphatic carbocycles. The Kier molecular flexibility index (Phi) is 5.64. The first-order chi connectivity index (χ1) is 13.6. The lowest BCUT2D eigenvalue weighted by atomic mass is 9.99. The number of hydrogen-bond acceptors (Lipinski definition) is 3. The highest BCUT2D eigenvalue weighted by molar-refractivity contribution is 6.30. The quantitative estimate of drug-likeness (QED) is 0.747. The number of amides is 2. The zero-order valence-electron chi connectivity index (χ0n) is 15.7. The Bertz CT molecular complexity index is 878. The molecule has 1 saturated carbocycles. The Morgan fingerprint density at radius 2 is 1.89 bits per heavy atom. The molecule has 2 aromatic carbocycles. The van der Waals surface area contributed by atoms with Crippen molar-refractivity contribution in [1.29, 1.82) is 0 Å². The van der Waals surface area contributed by atoms with Crippen LogP contribution in [0.1, 0.15) is 30.4 Å². The first kappa shape index (κ1) is 19.0. The van der Waals surface area contributed by atoms with Crippen molar-refractivity contribution in [1.82, 2.24) is 5.32 Å². The van der Waals surface area contributed by atoms with Crippen molar-refractivity contribution in [3.05, 3.63) is 58.6 Å². The molecule has 1 heterocycles. The number of aryl methyl sites for hydroxylation is 1. The van der Waals surface area contributed by atoms with Gasteiger partial charge in [0.1, 0.15) is 0 Å². The van der Waals surface area contributed by atoms with Crippen molar-refractivity contribution in [2.24, 2.45) is 5.92 Å². The van der Waals surface area contributed by atoms with Gasteiger partial charge in [-0.15, -0.1) is 0 Å². The van der Waals surface area contributed by atoms with Gasteiger partial charge in [0.15, 0.2) is 0 Å². The van der Waals surface area contributed by atoms with Crippen LogP contribution in [0.4, 0.5) is 11.4 Å². The van der Waals surface area contributed by atoms with E-state index in [1.165, 1.54) is 12.8 Å². The van der Waals surface area contributed by atoms with Crippen LogP contribution in [0.5, 0.6) is 0 Å². The third kappa shape index (κ3) is 4.72. The summed E-state index contributed by atoms with van der Waals surface area (Å²) >= 11 is 5.95. The average molecular weight is 398 g/mol. The number of hydrogen-bond donors (Lipinski definition) is 2. The summed E-state index contributed by atoms with van der Waals surface area (Å²) < 4.78 is 0. The predicted molar refractivity (Wildman–Crippen MR) is 112 cm³/mol. The molecule has 0 saturated heterocycles. The van der Waals surface area contributed by atoms with Crippen LogP contribution in [0.3, 0.4) is 0 Å². The van der Waals surface area contributed by atoms with Gasteiger partial charge >= 0.3 is 0 Å². The molecule has 4 rings (SSSR count). The maximum absolute atomic E-state index is 12.5. The monoisotopic (exact) mass is 397 g/mol. The fourth-order valence-electron chi connectivity index (χ4n) is 3.50. The van der Waals surface area contributed by atoms with Crippen molar-refractivity contribution < 1.29 is 9.59 Å². The van der Waals surface area contributed by atoms with Gasteiger partial charge in [0, 0.05) is 22.8 Å². The van der Waals surface area contributed by atoms with Gasteiger partial charge in [-0.1, -0.05) is 23.7 Å². The molecule has 28 heavy (non-hydrogen) atoms. The van der Waals surface area contributed by atoms with E-state index in [1.807, 2.05) is 47.4 Å². The number of nitrogens with zero attached hydrogens (tertiary/aromatic N) is 1. The molecule has 2 aliphatic rings. The Labute approximate surface area is 170 Å². The number of carbonyl (C=O) groups is 2.